The second-order valence-corrected chi connectivity index (χ2v) is 6.72. The van der Waals surface area contributed by atoms with Gasteiger partial charge in [-0.25, -0.2) is 0 Å². The Morgan fingerprint density at radius 2 is 1.59 bits per heavy atom. The lowest BCUT2D eigenvalue weighted by molar-refractivity contribution is -0.122. The van der Waals surface area contributed by atoms with Gasteiger partial charge in [-0.2, -0.15) is 0 Å². The van der Waals surface area contributed by atoms with Gasteiger partial charge < -0.3 is 15.4 Å². The highest BCUT2D eigenvalue weighted by atomic mass is 16.5. The van der Waals surface area contributed by atoms with Gasteiger partial charge in [-0.05, 0) is 61.4 Å². The number of para-hydroxylation sites is 1. The van der Waals surface area contributed by atoms with Gasteiger partial charge in [0.25, 0.3) is 11.8 Å². The van der Waals surface area contributed by atoms with E-state index in [-0.39, 0.29) is 11.8 Å². The first-order valence-corrected chi connectivity index (χ1v) is 9.56. The molecule has 0 bridgehead atoms. The van der Waals surface area contributed by atoms with Crippen molar-refractivity contribution < 1.29 is 14.3 Å². The molecule has 2 N–H and O–H groups in total. The molecular weight excluding hydrogens is 364 g/mol. The van der Waals surface area contributed by atoms with Gasteiger partial charge >= 0.3 is 0 Å². The van der Waals surface area contributed by atoms with Crippen molar-refractivity contribution in [3.8, 4) is 5.75 Å². The highest BCUT2D eigenvalue weighted by molar-refractivity contribution is 6.05. The largest absolute Gasteiger partial charge is 0.481 e. The molecule has 3 aromatic carbocycles. The number of aryl methyl sites for hydroxylation is 1. The summed E-state index contributed by atoms with van der Waals surface area (Å²) >= 11 is 0. The van der Waals surface area contributed by atoms with E-state index in [1.54, 1.807) is 24.3 Å². The number of anilines is 2. The van der Waals surface area contributed by atoms with Crippen LogP contribution >= 0.6 is 0 Å². The summed E-state index contributed by atoms with van der Waals surface area (Å²) in [7, 11) is 0. The van der Waals surface area contributed by atoms with Crippen LogP contribution in [0.2, 0.25) is 0 Å². The molecule has 0 aliphatic carbocycles. The fourth-order valence-corrected chi connectivity index (χ4v) is 2.86. The van der Waals surface area contributed by atoms with Crippen LogP contribution in [0, 0.1) is 6.92 Å². The molecule has 0 aliphatic heterocycles. The highest BCUT2D eigenvalue weighted by Gasteiger charge is 2.19. The smallest absolute Gasteiger partial charge is 0.265 e. The summed E-state index contributed by atoms with van der Waals surface area (Å²) in [5, 5.41) is 5.68. The standard InChI is InChI=1S/C24H24N2O3/c1-3-22(29-21-14-7-9-17(2)15-21)24(28)26-20-13-8-10-18(16-20)23(27)25-19-11-5-4-6-12-19/h4-16,22H,3H2,1-2H3,(H,25,27)(H,26,28). The molecule has 5 nitrogen and oxygen atoms in total. The normalized spacial score (nSPS) is 11.4. The van der Waals surface area contributed by atoms with Gasteiger partial charge in [-0.1, -0.05) is 43.3 Å². The van der Waals surface area contributed by atoms with E-state index in [2.05, 4.69) is 10.6 Å². The van der Waals surface area contributed by atoms with Crippen molar-refractivity contribution in [3.05, 3.63) is 90.0 Å². The first-order valence-electron chi connectivity index (χ1n) is 9.56. The fraction of sp³-hybridized carbons (Fsp3) is 0.167. The van der Waals surface area contributed by atoms with Crippen molar-refractivity contribution >= 4 is 23.2 Å². The van der Waals surface area contributed by atoms with Crippen LogP contribution in [0.5, 0.6) is 5.75 Å². The Morgan fingerprint density at radius 3 is 2.31 bits per heavy atom. The number of carbonyl (C=O) groups is 2. The molecule has 0 aliphatic rings. The SMILES string of the molecule is CCC(Oc1cccc(C)c1)C(=O)Nc1cccc(C(=O)Nc2ccccc2)c1. The number of nitrogens with one attached hydrogen (secondary N) is 2. The lowest BCUT2D eigenvalue weighted by atomic mass is 10.1. The van der Waals surface area contributed by atoms with Crippen molar-refractivity contribution in [1.82, 2.24) is 0 Å². The lowest BCUT2D eigenvalue weighted by Gasteiger charge is -2.18. The zero-order valence-corrected chi connectivity index (χ0v) is 16.5. The summed E-state index contributed by atoms with van der Waals surface area (Å²) in [6, 6.07) is 23.6. The quantitative estimate of drug-likeness (QED) is 0.596. The molecule has 0 aromatic heterocycles. The molecule has 2 amide bonds. The van der Waals surface area contributed by atoms with Gasteiger partial charge in [-0.15, -0.1) is 0 Å². The third kappa shape index (κ3) is 5.69. The molecule has 0 radical (unpaired) electrons. The maximum Gasteiger partial charge on any atom is 0.265 e. The Morgan fingerprint density at radius 1 is 0.862 bits per heavy atom. The summed E-state index contributed by atoms with van der Waals surface area (Å²) in [6.45, 7) is 3.86. The number of amides is 2. The van der Waals surface area contributed by atoms with Crippen molar-refractivity contribution in [2.75, 3.05) is 10.6 Å². The molecule has 0 saturated heterocycles. The Balaban J connectivity index is 1.66. The third-order valence-electron chi connectivity index (χ3n) is 4.36. The van der Waals surface area contributed by atoms with E-state index in [0.29, 0.717) is 29.1 Å². The van der Waals surface area contributed by atoms with Crippen LogP contribution in [0.4, 0.5) is 11.4 Å². The van der Waals surface area contributed by atoms with Crippen LogP contribution in [0.3, 0.4) is 0 Å². The van der Waals surface area contributed by atoms with Crippen LogP contribution < -0.4 is 15.4 Å². The summed E-state index contributed by atoms with van der Waals surface area (Å²) in [6.07, 6.45) is -0.105. The monoisotopic (exact) mass is 388 g/mol. The van der Waals surface area contributed by atoms with Crippen molar-refractivity contribution in [1.29, 1.82) is 0 Å². The second kappa shape index (κ2) is 9.55. The minimum absolute atomic E-state index is 0.240. The Kier molecular flexibility index (Phi) is 6.63. The summed E-state index contributed by atoms with van der Waals surface area (Å²) in [4.78, 5) is 25.1. The van der Waals surface area contributed by atoms with Crippen LogP contribution in [0.15, 0.2) is 78.9 Å². The van der Waals surface area contributed by atoms with E-state index in [4.69, 9.17) is 4.74 Å². The first-order chi connectivity index (χ1) is 14.0. The average Bonchev–Trinajstić information content (AvgIpc) is 2.73. The summed E-state index contributed by atoms with van der Waals surface area (Å²) in [5.74, 6) is 0.160. The Bertz CT molecular complexity index is 986. The predicted molar refractivity (Wildman–Crippen MR) is 115 cm³/mol. The molecule has 3 aromatic rings. The van der Waals surface area contributed by atoms with Crippen molar-refractivity contribution in [2.45, 2.75) is 26.4 Å². The second-order valence-electron chi connectivity index (χ2n) is 6.72. The van der Waals surface area contributed by atoms with Gasteiger partial charge in [0.15, 0.2) is 6.10 Å². The fourth-order valence-electron chi connectivity index (χ4n) is 2.86. The van der Waals surface area contributed by atoms with Crippen LogP contribution in [0.1, 0.15) is 29.3 Å². The van der Waals surface area contributed by atoms with E-state index >= 15 is 0 Å². The molecule has 29 heavy (non-hydrogen) atoms. The zero-order valence-electron chi connectivity index (χ0n) is 16.5. The maximum atomic E-state index is 12.7. The molecule has 1 atom stereocenters. The minimum atomic E-state index is -0.626. The van der Waals surface area contributed by atoms with Crippen LogP contribution in [-0.2, 0) is 4.79 Å². The Labute approximate surface area is 170 Å². The zero-order chi connectivity index (χ0) is 20.6. The number of hydrogen-bond donors (Lipinski definition) is 2. The Hall–Kier alpha value is -3.60. The predicted octanol–water partition coefficient (Wildman–Crippen LogP) is 5.04. The minimum Gasteiger partial charge on any atom is -0.481 e. The molecule has 1 unspecified atom stereocenters. The molecule has 0 spiro atoms. The third-order valence-corrected chi connectivity index (χ3v) is 4.36. The van der Waals surface area contributed by atoms with Gasteiger partial charge in [-0.3, -0.25) is 9.59 Å². The van der Waals surface area contributed by atoms with Crippen molar-refractivity contribution in [3.63, 3.8) is 0 Å². The molecule has 5 heteroatoms. The number of rotatable bonds is 7. The highest BCUT2D eigenvalue weighted by Crippen LogP contribution is 2.18. The van der Waals surface area contributed by atoms with E-state index in [1.165, 1.54) is 0 Å². The lowest BCUT2D eigenvalue weighted by Crippen LogP contribution is -2.32. The van der Waals surface area contributed by atoms with Gasteiger partial charge in [0, 0.05) is 16.9 Å². The van der Waals surface area contributed by atoms with E-state index in [0.717, 1.165) is 5.56 Å². The van der Waals surface area contributed by atoms with Gasteiger partial charge in [0.05, 0.1) is 0 Å². The molecule has 0 fully saturated rings. The number of benzene rings is 3. The molecule has 148 valence electrons. The van der Waals surface area contributed by atoms with Gasteiger partial charge in [0.1, 0.15) is 5.75 Å². The average molecular weight is 388 g/mol. The van der Waals surface area contributed by atoms with E-state index in [9.17, 15) is 9.59 Å². The topological polar surface area (TPSA) is 67.4 Å². The molecule has 0 heterocycles. The van der Waals surface area contributed by atoms with Gasteiger partial charge in [0.2, 0.25) is 0 Å². The first kappa shape index (κ1) is 20.1. The summed E-state index contributed by atoms with van der Waals surface area (Å²) < 4.78 is 5.84. The van der Waals surface area contributed by atoms with Crippen molar-refractivity contribution in [2.24, 2.45) is 0 Å². The van der Waals surface area contributed by atoms with E-state index < -0.39 is 6.10 Å². The van der Waals surface area contributed by atoms with E-state index in [1.807, 2.05) is 68.4 Å². The molecule has 0 saturated carbocycles. The number of ether oxygens (including phenoxy) is 1. The van der Waals surface area contributed by atoms with Crippen LogP contribution in [-0.4, -0.2) is 17.9 Å². The summed E-state index contributed by atoms with van der Waals surface area (Å²) in [5.41, 5.74) is 2.78. The molecule has 3 rings (SSSR count). The number of carbonyl (C=O) groups excluding carboxylic acids is 2. The van der Waals surface area contributed by atoms with Crippen LogP contribution in [0.25, 0.3) is 0 Å². The maximum absolute atomic E-state index is 12.7. The molecular formula is C24H24N2O3. The number of hydrogen-bond acceptors (Lipinski definition) is 3.